The Hall–Kier alpha value is -3.68. The Morgan fingerprint density at radius 2 is 1.89 bits per heavy atom. The van der Waals surface area contributed by atoms with Crippen LogP contribution in [-0.2, 0) is 21.2 Å². The van der Waals surface area contributed by atoms with Gasteiger partial charge < -0.3 is 20.3 Å². The third-order valence-electron chi connectivity index (χ3n) is 6.98. The Balaban J connectivity index is 1.61. The third-order valence-corrected chi connectivity index (χ3v) is 9.62. The molecule has 244 valence electrons. The molecule has 0 atom stereocenters. The van der Waals surface area contributed by atoms with E-state index in [1.54, 1.807) is 12.1 Å². The monoisotopic (exact) mass is 676 g/mol. The molecule has 1 amide bonds. The van der Waals surface area contributed by atoms with Gasteiger partial charge in [0.05, 0.1) is 33.9 Å². The lowest BCUT2D eigenvalue weighted by atomic mass is 10.0. The molecule has 3 aromatic rings. The van der Waals surface area contributed by atoms with Gasteiger partial charge in [-0.1, -0.05) is 30.9 Å². The largest absolute Gasteiger partial charge is 0.433 e. The number of hydrogen-bond acceptors (Lipinski definition) is 8. The number of rotatable bonds is 10. The number of nitrogens with one attached hydrogen (secondary N) is 3. The van der Waals surface area contributed by atoms with Crippen LogP contribution in [0.15, 0.2) is 35.2 Å². The van der Waals surface area contributed by atoms with Crippen molar-refractivity contribution in [1.29, 1.82) is 0 Å². The number of carbonyl (C=O) groups is 1. The van der Waals surface area contributed by atoms with Crippen molar-refractivity contribution in [1.82, 2.24) is 9.62 Å². The van der Waals surface area contributed by atoms with E-state index in [-0.39, 0.29) is 23.0 Å². The first-order valence-corrected chi connectivity index (χ1v) is 16.1. The molecule has 2 heterocycles. The van der Waals surface area contributed by atoms with Crippen LogP contribution in [0.1, 0.15) is 37.1 Å². The van der Waals surface area contributed by atoms with Gasteiger partial charge in [-0.05, 0) is 36.4 Å². The third kappa shape index (κ3) is 8.95. The van der Waals surface area contributed by atoms with Crippen LogP contribution in [0.25, 0.3) is 10.1 Å². The smallest absolute Gasteiger partial charge is 0.393 e. The molecule has 1 fully saturated rings. The zero-order valence-corrected chi connectivity index (χ0v) is 25.8. The average Bonchev–Trinajstić information content (AvgIpc) is 3.28. The number of amides is 1. The number of halogens is 6. The summed E-state index contributed by atoms with van der Waals surface area (Å²) in [7, 11) is -4.73. The van der Waals surface area contributed by atoms with E-state index < -0.39 is 57.3 Å². The summed E-state index contributed by atoms with van der Waals surface area (Å²) in [5.74, 6) is 2.19. The fourth-order valence-corrected chi connectivity index (χ4v) is 7.19. The topological polar surface area (TPSA) is 99.8 Å². The maximum Gasteiger partial charge on any atom is 0.393 e. The summed E-state index contributed by atoms with van der Waals surface area (Å²) in [5.41, 5.74) is 0.316. The van der Waals surface area contributed by atoms with Crippen molar-refractivity contribution in [2.24, 2.45) is 0 Å². The Bertz CT molecular complexity index is 1710. The number of benzene rings is 2. The molecule has 4 rings (SSSR count). The first-order chi connectivity index (χ1) is 21.2. The highest BCUT2D eigenvalue weighted by atomic mass is 32.2. The Labute approximate surface area is 260 Å². The second kappa shape index (κ2) is 14.2. The van der Waals surface area contributed by atoms with E-state index in [9.17, 15) is 39.6 Å². The zero-order chi connectivity index (χ0) is 32.9. The molecule has 8 nitrogen and oxygen atoms in total. The van der Waals surface area contributed by atoms with Crippen molar-refractivity contribution >= 4 is 48.7 Å². The number of sulfonamides is 1. The summed E-state index contributed by atoms with van der Waals surface area (Å²) in [4.78, 5) is 12.6. The van der Waals surface area contributed by atoms with Gasteiger partial charge in [0, 0.05) is 38.2 Å². The van der Waals surface area contributed by atoms with Crippen molar-refractivity contribution in [2.45, 2.75) is 56.8 Å². The summed E-state index contributed by atoms with van der Waals surface area (Å²) in [6.07, 6.45) is -3.95. The van der Waals surface area contributed by atoms with Crippen LogP contribution < -0.4 is 20.1 Å². The number of anilines is 2. The number of nitrogens with zero attached hydrogens (tertiary/aromatic N) is 1. The molecule has 0 radical (unpaired) electrons. The molecule has 3 N–H and O–H groups in total. The predicted molar refractivity (Wildman–Crippen MR) is 160 cm³/mol. The minimum Gasteiger partial charge on any atom is -0.433 e. The average molecular weight is 677 g/mol. The van der Waals surface area contributed by atoms with Gasteiger partial charge in [-0.2, -0.15) is 22.0 Å². The van der Waals surface area contributed by atoms with Crippen molar-refractivity contribution < 1.29 is 44.3 Å². The van der Waals surface area contributed by atoms with Crippen LogP contribution in [0.3, 0.4) is 0 Å². The molecular weight excluding hydrogens is 646 g/mol. The van der Waals surface area contributed by atoms with E-state index in [1.807, 2.05) is 6.07 Å². The van der Waals surface area contributed by atoms with Crippen molar-refractivity contribution in [3.05, 3.63) is 46.6 Å². The highest BCUT2D eigenvalue weighted by Crippen LogP contribution is 2.39. The number of piperidine rings is 1. The lowest BCUT2D eigenvalue weighted by molar-refractivity contribution is -0.127. The van der Waals surface area contributed by atoms with Crippen LogP contribution in [0.2, 0.25) is 0 Å². The maximum atomic E-state index is 14.7. The van der Waals surface area contributed by atoms with Gasteiger partial charge in [0.1, 0.15) is 10.7 Å². The van der Waals surface area contributed by atoms with Gasteiger partial charge >= 0.3 is 12.8 Å². The molecule has 1 aliphatic rings. The molecular formula is C29H30F6N4O4S2. The van der Waals surface area contributed by atoms with Gasteiger partial charge in [-0.3, -0.25) is 4.79 Å². The number of ether oxygens (including phenoxy) is 1. The molecule has 0 aliphatic carbocycles. The van der Waals surface area contributed by atoms with E-state index in [0.717, 1.165) is 50.7 Å². The highest BCUT2D eigenvalue weighted by molar-refractivity contribution is 7.90. The fourth-order valence-electron chi connectivity index (χ4n) is 4.95. The molecule has 2 aromatic carbocycles. The second-order valence-electron chi connectivity index (χ2n) is 10.2. The first kappa shape index (κ1) is 34.2. The van der Waals surface area contributed by atoms with Crippen molar-refractivity contribution in [2.75, 3.05) is 36.8 Å². The Morgan fingerprint density at radius 1 is 1.18 bits per heavy atom. The molecule has 1 aromatic heterocycles. The van der Waals surface area contributed by atoms with Gasteiger partial charge in [0.2, 0.25) is 5.91 Å². The van der Waals surface area contributed by atoms with E-state index in [0.29, 0.717) is 27.9 Å². The van der Waals surface area contributed by atoms with Crippen LogP contribution in [0, 0.1) is 17.7 Å². The zero-order valence-electron chi connectivity index (χ0n) is 24.2. The first-order valence-electron chi connectivity index (χ1n) is 13.8. The van der Waals surface area contributed by atoms with Crippen LogP contribution >= 0.6 is 11.3 Å². The molecule has 0 spiro atoms. The SMILES string of the molecule is CCN1CCC(Nc2cccc3c(CC(F)(F)F)c(C#CCNc4cc(F)c(S(=O)(=O)NC(C)=O)cc4OC(F)F)sc23)CC1. The fraction of sp³-hybridized carbons (Fsp3) is 0.414. The lowest BCUT2D eigenvalue weighted by Gasteiger charge is -2.32. The van der Waals surface area contributed by atoms with Crippen LogP contribution in [0.4, 0.5) is 37.7 Å². The standard InChI is InChI=1S/C29H30F6N4O4S2/c1-3-39-12-9-18(10-13-39)37-22-7-4-6-19-20(16-29(33,34)35)25(44-27(19)22)8-5-11-36-23-14-21(30)26(15-24(23)43-28(31)32)45(41,42)38-17(2)40/h4,6-7,14-15,18,28,36-37H,3,9-13,16H2,1-2H3,(H,38,40). The lowest BCUT2D eigenvalue weighted by Crippen LogP contribution is -2.38. The van der Waals surface area contributed by atoms with E-state index in [1.165, 1.54) is 4.72 Å². The minimum absolute atomic E-state index is 0.000231. The minimum atomic E-state index is -4.73. The molecule has 45 heavy (non-hydrogen) atoms. The molecule has 16 heteroatoms. The summed E-state index contributed by atoms with van der Waals surface area (Å²) < 4.78 is 113. The van der Waals surface area contributed by atoms with E-state index >= 15 is 0 Å². The maximum absolute atomic E-state index is 14.7. The van der Waals surface area contributed by atoms with Gasteiger partial charge in [0.15, 0.2) is 5.75 Å². The van der Waals surface area contributed by atoms with Gasteiger partial charge in [0.25, 0.3) is 10.0 Å². The van der Waals surface area contributed by atoms with Crippen LogP contribution in [-0.4, -0.2) is 64.2 Å². The molecule has 0 bridgehead atoms. The summed E-state index contributed by atoms with van der Waals surface area (Å²) in [6.45, 7) is 1.98. The molecule has 0 unspecified atom stereocenters. The molecule has 1 aliphatic heterocycles. The van der Waals surface area contributed by atoms with E-state index in [4.69, 9.17) is 0 Å². The number of carbonyl (C=O) groups excluding carboxylic acids is 1. The Morgan fingerprint density at radius 3 is 2.51 bits per heavy atom. The predicted octanol–water partition coefficient (Wildman–Crippen LogP) is 5.93. The van der Waals surface area contributed by atoms with Gasteiger partial charge in [-0.15, -0.1) is 11.3 Å². The molecule has 0 saturated carbocycles. The van der Waals surface area contributed by atoms with E-state index in [2.05, 4.69) is 39.0 Å². The normalized spacial score (nSPS) is 14.7. The van der Waals surface area contributed by atoms with Crippen molar-refractivity contribution in [3.63, 3.8) is 0 Å². The summed E-state index contributed by atoms with van der Waals surface area (Å²) >= 11 is 1.10. The number of hydrogen-bond donors (Lipinski definition) is 3. The summed E-state index contributed by atoms with van der Waals surface area (Å²) in [6, 6.07) is 6.33. The highest BCUT2D eigenvalue weighted by Gasteiger charge is 2.31. The second-order valence-corrected chi connectivity index (χ2v) is 12.9. The Kier molecular flexibility index (Phi) is 10.8. The van der Waals surface area contributed by atoms with Crippen LogP contribution in [0.5, 0.6) is 5.75 Å². The van der Waals surface area contributed by atoms with Crippen molar-refractivity contribution in [3.8, 4) is 17.6 Å². The quantitative estimate of drug-likeness (QED) is 0.181. The number of fused-ring (bicyclic) bond motifs is 1. The molecule has 1 saturated heterocycles. The number of likely N-dealkylation sites (tertiary alicyclic amines) is 1. The summed E-state index contributed by atoms with van der Waals surface area (Å²) in [5, 5.41) is 6.43. The van der Waals surface area contributed by atoms with Gasteiger partial charge in [-0.25, -0.2) is 17.5 Å². The number of thiophene rings is 1. The number of alkyl halides is 5.